The van der Waals surface area contributed by atoms with E-state index in [9.17, 15) is 18.0 Å². The van der Waals surface area contributed by atoms with Gasteiger partial charge in [-0.2, -0.15) is 13.2 Å². The van der Waals surface area contributed by atoms with Crippen molar-refractivity contribution in [1.29, 1.82) is 0 Å². The van der Waals surface area contributed by atoms with Gasteiger partial charge < -0.3 is 10.3 Å². The Kier molecular flexibility index (Phi) is 5.54. The highest BCUT2D eigenvalue weighted by Gasteiger charge is 2.36. The zero-order valence-electron chi connectivity index (χ0n) is 14.9. The maximum absolute atomic E-state index is 13.6. The van der Waals surface area contributed by atoms with E-state index in [1.54, 1.807) is 12.3 Å². The Hall–Kier alpha value is -2.76. The van der Waals surface area contributed by atoms with Gasteiger partial charge in [0.05, 0.1) is 5.56 Å². The smallest absolute Gasteiger partial charge is 0.361 e. The molecule has 0 aliphatic heterocycles. The number of H-pyrrole nitrogens is 1. The second-order valence-electron chi connectivity index (χ2n) is 6.48. The summed E-state index contributed by atoms with van der Waals surface area (Å²) in [6.07, 6.45) is -2.06. The molecule has 3 rings (SSSR count). The molecule has 0 aliphatic carbocycles. The Bertz CT molecular complexity index is 930. The van der Waals surface area contributed by atoms with E-state index in [0.717, 1.165) is 23.4 Å². The third-order valence-electron chi connectivity index (χ3n) is 4.60. The minimum absolute atomic E-state index is 0.0467. The van der Waals surface area contributed by atoms with E-state index >= 15 is 0 Å². The lowest BCUT2D eigenvalue weighted by Gasteiger charge is -2.21. The van der Waals surface area contributed by atoms with Gasteiger partial charge in [-0.05, 0) is 29.7 Å². The second kappa shape index (κ2) is 7.86. The minimum Gasteiger partial charge on any atom is -0.361 e. The molecule has 0 fully saturated rings. The zero-order valence-corrected chi connectivity index (χ0v) is 14.9. The molecule has 3 nitrogen and oxygen atoms in total. The largest absolute Gasteiger partial charge is 0.416 e. The van der Waals surface area contributed by atoms with E-state index in [1.165, 1.54) is 12.1 Å². The molecule has 1 aromatic heterocycles. The Labute approximate surface area is 155 Å². The van der Waals surface area contributed by atoms with Gasteiger partial charge in [0.2, 0.25) is 5.91 Å². The van der Waals surface area contributed by atoms with Gasteiger partial charge in [-0.1, -0.05) is 43.3 Å². The molecule has 1 heterocycles. The number of hydrogen-bond donors (Lipinski definition) is 2. The topological polar surface area (TPSA) is 44.9 Å². The molecule has 6 heteroatoms. The molecule has 3 aromatic rings. The number of carbonyl (C=O) groups is 1. The summed E-state index contributed by atoms with van der Waals surface area (Å²) >= 11 is 0. The predicted molar refractivity (Wildman–Crippen MR) is 99.5 cm³/mol. The van der Waals surface area contributed by atoms with Crippen molar-refractivity contribution >= 4 is 16.8 Å². The van der Waals surface area contributed by atoms with E-state index in [2.05, 4.69) is 10.3 Å². The van der Waals surface area contributed by atoms with Crippen LogP contribution in [0.5, 0.6) is 0 Å². The number of hydrogen-bond acceptors (Lipinski definition) is 1. The molecule has 0 saturated carbocycles. The number of amides is 1. The quantitative estimate of drug-likeness (QED) is 0.609. The molecule has 0 bridgehead atoms. The molecule has 0 radical (unpaired) electrons. The highest BCUT2D eigenvalue weighted by Crippen LogP contribution is 2.40. The number of halogens is 3. The first-order valence-electron chi connectivity index (χ1n) is 8.90. The Morgan fingerprint density at radius 3 is 2.52 bits per heavy atom. The van der Waals surface area contributed by atoms with Crippen molar-refractivity contribution in [2.75, 3.05) is 6.54 Å². The van der Waals surface area contributed by atoms with Gasteiger partial charge in [0.1, 0.15) is 0 Å². The Balaban J connectivity index is 2.10. The van der Waals surface area contributed by atoms with E-state index < -0.39 is 17.7 Å². The van der Waals surface area contributed by atoms with Crippen molar-refractivity contribution in [3.05, 3.63) is 71.4 Å². The van der Waals surface area contributed by atoms with Crippen molar-refractivity contribution in [3.8, 4) is 0 Å². The Morgan fingerprint density at radius 2 is 1.78 bits per heavy atom. The molecule has 0 aliphatic rings. The van der Waals surface area contributed by atoms with Crippen LogP contribution < -0.4 is 5.32 Å². The lowest BCUT2D eigenvalue weighted by atomic mass is 9.85. The summed E-state index contributed by atoms with van der Waals surface area (Å²) in [5, 5.41) is 3.59. The van der Waals surface area contributed by atoms with Crippen LogP contribution in [-0.4, -0.2) is 17.4 Å². The average molecular weight is 374 g/mol. The fraction of sp³-hybridized carbons (Fsp3) is 0.286. The zero-order chi connectivity index (χ0) is 19.4. The molecule has 2 N–H and O–H groups in total. The lowest BCUT2D eigenvalue weighted by Crippen LogP contribution is -2.26. The van der Waals surface area contributed by atoms with Crippen LogP contribution in [0, 0.1) is 0 Å². The van der Waals surface area contributed by atoms with Crippen molar-refractivity contribution in [1.82, 2.24) is 10.3 Å². The number of aromatic amines is 1. The van der Waals surface area contributed by atoms with Gasteiger partial charge in [-0.3, -0.25) is 4.79 Å². The number of fused-ring (bicyclic) bond motifs is 1. The normalized spacial score (nSPS) is 12.9. The summed E-state index contributed by atoms with van der Waals surface area (Å²) in [5.41, 5.74) is 0.926. The third-order valence-corrected chi connectivity index (χ3v) is 4.60. The molecule has 1 atom stereocenters. The monoisotopic (exact) mass is 374 g/mol. The maximum atomic E-state index is 13.6. The molecule has 27 heavy (non-hydrogen) atoms. The summed E-state index contributed by atoms with van der Waals surface area (Å²) in [6, 6.07) is 12.9. The SMILES string of the molecule is CCCNC(=O)C[C@@H](c1ccccc1C(F)(F)F)c1c[nH]c2ccccc12. The van der Waals surface area contributed by atoms with Gasteiger partial charge in [0.25, 0.3) is 0 Å². The molecule has 0 spiro atoms. The minimum atomic E-state index is -4.49. The van der Waals surface area contributed by atoms with Gasteiger partial charge in [0, 0.05) is 36.0 Å². The molecule has 0 saturated heterocycles. The summed E-state index contributed by atoms with van der Waals surface area (Å²) in [4.78, 5) is 15.5. The van der Waals surface area contributed by atoms with E-state index in [0.29, 0.717) is 12.1 Å². The molecular weight excluding hydrogens is 353 g/mol. The van der Waals surface area contributed by atoms with E-state index in [4.69, 9.17) is 0 Å². The predicted octanol–water partition coefficient (Wildman–Crippen LogP) is 5.23. The summed E-state index contributed by atoms with van der Waals surface area (Å²) in [5.74, 6) is -0.958. The van der Waals surface area contributed by atoms with Crippen LogP contribution in [0.4, 0.5) is 13.2 Å². The fourth-order valence-electron chi connectivity index (χ4n) is 3.35. The molecule has 2 aromatic carbocycles. The van der Waals surface area contributed by atoms with Crippen LogP contribution in [0.2, 0.25) is 0 Å². The van der Waals surface area contributed by atoms with Crippen molar-refractivity contribution in [2.45, 2.75) is 31.9 Å². The second-order valence-corrected chi connectivity index (χ2v) is 6.48. The van der Waals surface area contributed by atoms with Crippen LogP contribution in [0.15, 0.2) is 54.7 Å². The molecule has 0 unspecified atom stereocenters. The first kappa shape index (κ1) is 19.0. The number of nitrogens with one attached hydrogen (secondary N) is 2. The average Bonchev–Trinajstić information content (AvgIpc) is 3.07. The molecule has 142 valence electrons. The number of rotatable bonds is 6. The van der Waals surface area contributed by atoms with Gasteiger partial charge in [-0.25, -0.2) is 0 Å². The summed E-state index contributed by atoms with van der Waals surface area (Å²) in [7, 11) is 0. The van der Waals surface area contributed by atoms with Crippen LogP contribution in [0.1, 0.15) is 42.4 Å². The standard InChI is InChI=1S/C21H21F3N2O/c1-2-11-25-20(27)12-16(14-7-3-5-9-18(14)21(22,23)24)17-13-26-19-10-6-4-8-15(17)19/h3-10,13,16,26H,2,11-12H2,1H3,(H,25,27)/t16-/m0/s1. The van der Waals surface area contributed by atoms with Crippen LogP contribution in [0.25, 0.3) is 10.9 Å². The number of benzene rings is 2. The van der Waals surface area contributed by atoms with Gasteiger partial charge in [-0.15, -0.1) is 0 Å². The van der Waals surface area contributed by atoms with Crippen molar-refractivity contribution in [2.24, 2.45) is 0 Å². The van der Waals surface area contributed by atoms with Crippen LogP contribution in [0.3, 0.4) is 0 Å². The van der Waals surface area contributed by atoms with E-state index in [-0.39, 0.29) is 17.9 Å². The number of carbonyl (C=O) groups excluding carboxylic acids is 1. The first-order valence-corrected chi connectivity index (χ1v) is 8.90. The highest BCUT2D eigenvalue weighted by atomic mass is 19.4. The van der Waals surface area contributed by atoms with Crippen LogP contribution >= 0.6 is 0 Å². The third kappa shape index (κ3) is 4.15. The summed E-state index contributed by atoms with van der Waals surface area (Å²) in [6.45, 7) is 2.43. The number of para-hydroxylation sites is 1. The van der Waals surface area contributed by atoms with E-state index in [1.807, 2.05) is 31.2 Å². The first-order chi connectivity index (χ1) is 12.9. The number of alkyl halides is 3. The molecular formula is C21H21F3N2O. The van der Waals surface area contributed by atoms with Gasteiger partial charge in [0.15, 0.2) is 0 Å². The van der Waals surface area contributed by atoms with Crippen molar-refractivity contribution < 1.29 is 18.0 Å². The summed E-state index contributed by atoms with van der Waals surface area (Å²) < 4.78 is 40.8. The lowest BCUT2D eigenvalue weighted by molar-refractivity contribution is -0.138. The maximum Gasteiger partial charge on any atom is 0.416 e. The number of aromatic nitrogens is 1. The fourth-order valence-corrected chi connectivity index (χ4v) is 3.35. The van der Waals surface area contributed by atoms with Crippen molar-refractivity contribution in [3.63, 3.8) is 0 Å². The van der Waals surface area contributed by atoms with Gasteiger partial charge >= 0.3 is 6.18 Å². The Morgan fingerprint density at radius 1 is 1.07 bits per heavy atom. The van der Waals surface area contributed by atoms with Crippen LogP contribution in [-0.2, 0) is 11.0 Å². The molecule has 1 amide bonds. The highest BCUT2D eigenvalue weighted by molar-refractivity contribution is 5.86.